The van der Waals surface area contributed by atoms with Gasteiger partial charge in [-0.1, -0.05) is 0 Å². The fourth-order valence-electron chi connectivity index (χ4n) is 2.93. The molecule has 7 heteroatoms. The van der Waals surface area contributed by atoms with Crippen LogP contribution in [0.4, 0.5) is 0 Å². The number of benzene rings is 1. The Kier molecular flexibility index (Phi) is 3.71. The maximum Gasteiger partial charge on any atom is 0.195 e. The number of rotatable bonds is 4. The smallest absolute Gasteiger partial charge is 0.195 e. The number of aryl methyl sites for hydroxylation is 1. The first-order valence-corrected chi connectivity index (χ1v) is 7.98. The second kappa shape index (κ2) is 6.17. The minimum atomic E-state index is 0.554. The van der Waals surface area contributed by atoms with Crippen molar-refractivity contribution in [2.45, 2.75) is 20.0 Å². The highest BCUT2D eigenvalue weighted by atomic mass is 15.2. The molecule has 0 bridgehead atoms. The van der Waals surface area contributed by atoms with E-state index < -0.39 is 0 Å². The summed E-state index contributed by atoms with van der Waals surface area (Å²) in [5, 5.41) is 9.13. The Bertz CT molecular complexity index is 1070. The van der Waals surface area contributed by atoms with Crippen molar-refractivity contribution in [3.8, 4) is 17.7 Å². The topological polar surface area (TPSA) is 85.2 Å². The van der Waals surface area contributed by atoms with Crippen LogP contribution < -0.4 is 0 Å². The lowest BCUT2D eigenvalue weighted by Crippen LogP contribution is -2.09. The Morgan fingerprint density at radius 2 is 1.96 bits per heavy atom. The van der Waals surface area contributed by atoms with Gasteiger partial charge in [-0.25, -0.2) is 19.9 Å². The number of nitrogens with zero attached hydrogens (tertiary/aromatic N) is 7. The lowest BCUT2D eigenvalue weighted by molar-refractivity contribution is 0.665. The second-order valence-corrected chi connectivity index (χ2v) is 5.54. The molecule has 4 aromatic rings. The number of nitriles is 1. The molecule has 0 saturated heterocycles. The highest BCUT2D eigenvalue weighted by Gasteiger charge is 2.14. The van der Waals surface area contributed by atoms with Gasteiger partial charge in [-0.15, -0.1) is 0 Å². The van der Waals surface area contributed by atoms with Crippen LogP contribution in [0.15, 0.2) is 49.1 Å². The molecule has 1 aromatic carbocycles. The molecule has 0 spiro atoms. The Labute approximate surface area is 144 Å². The van der Waals surface area contributed by atoms with Crippen LogP contribution in [-0.4, -0.2) is 29.1 Å². The van der Waals surface area contributed by atoms with E-state index in [-0.39, 0.29) is 0 Å². The summed E-state index contributed by atoms with van der Waals surface area (Å²) in [4.78, 5) is 17.7. The van der Waals surface area contributed by atoms with Crippen molar-refractivity contribution >= 4 is 11.0 Å². The first-order valence-electron chi connectivity index (χ1n) is 7.98. The predicted octanol–water partition coefficient (Wildman–Crippen LogP) is 2.63. The minimum absolute atomic E-state index is 0.554. The van der Waals surface area contributed by atoms with E-state index in [0.717, 1.165) is 23.4 Å². The lowest BCUT2D eigenvalue weighted by Gasteiger charge is -2.09. The van der Waals surface area contributed by atoms with Crippen molar-refractivity contribution in [1.82, 2.24) is 29.1 Å². The standard InChI is InChI=1S/C18H15N7/c1-2-25-15-10-13(11-19)4-5-14(15)23-16(25)12-24-9-8-22-18(24)17-20-6-3-7-21-17/h3-10H,2,12H2,1H3. The van der Waals surface area contributed by atoms with E-state index in [0.29, 0.717) is 23.8 Å². The third-order valence-corrected chi connectivity index (χ3v) is 4.07. The van der Waals surface area contributed by atoms with Gasteiger partial charge in [0.2, 0.25) is 0 Å². The van der Waals surface area contributed by atoms with Crippen LogP contribution in [0.5, 0.6) is 0 Å². The summed E-state index contributed by atoms with van der Waals surface area (Å²) in [6.45, 7) is 3.39. The molecule has 0 unspecified atom stereocenters. The first kappa shape index (κ1) is 15.0. The molecule has 7 nitrogen and oxygen atoms in total. The molecule has 4 rings (SSSR count). The highest BCUT2D eigenvalue weighted by Crippen LogP contribution is 2.20. The van der Waals surface area contributed by atoms with Gasteiger partial charge in [0.05, 0.1) is 29.2 Å². The second-order valence-electron chi connectivity index (χ2n) is 5.54. The van der Waals surface area contributed by atoms with Gasteiger partial charge >= 0.3 is 0 Å². The van der Waals surface area contributed by atoms with Crippen molar-refractivity contribution in [2.75, 3.05) is 0 Å². The summed E-state index contributed by atoms with van der Waals surface area (Å²) in [7, 11) is 0. The van der Waals surface area contributed by atoms with Gasteiger partial charge in [0.25, 0.3) is 0 Å². The van der Waals surface area contributed by atoms with Crippen LogP contribution in [0.25, 0.3) is 22.7 Å². The number of fused-ring (bicyclic) bond motifs is 1. The van der Waals surface area contributed by atoms with Gasteiger partial charge in [-0.2, -0.15) is 5.26 Å². The maximum atomic E-state index is 9.13. The normalized spacial score (nSPS) is 10.9. The molecule has 3 heterocycles. The van der Waals surface area contributed by atoms with Gasteiger partial charge in [0.1, 0.15) is 5.82 Å². The largest absolute Gasteiger partial charge is 0.327 e. The van der Waals surface area contributed by atoms with Gasteiger partial charge in [0.15, 0.2) is 11.6 Å². The lowest BCUT2D eigenvalue weighted by atomic mass is 10.2. The van der Waals surface area contributed by atoms with Crippen LogP contribution in [-0.2, 0) is 13.1 Å². The van der Waals surface area contributed by atoms with E-state index in [9.17, 15) is 0 Å². The third-order valence-electron chi connectivity index (χ3n) is 4.07. The predicted molar refractivity (Wildman–Crippen MR) is 92.5 cm³/mol. The van der Waals surface area contributed by atoms with Crippen LogP contribution >= 0.6 is 0 Å². The molecule has 0 fully saturated rings. The van der Waals surface area contributed by atoms with Crippen LogP contribution in [0.3, 0.4) is 0 Å². The maximum absolute atomic E-state index is 9.13. The van der Waals surface area contributed by atoms with Crippen molar-refractivity contribution in [2.24, 2.45) is 0 Å². The molecular weight excluding hydrogens is 314 g/mol. The van der Waals surface area contributed by atoms with Gasteiger partial charge in [-0.3, -0.25) is 0 Å². The van der Waals surface area contributed by atoms with E-state index in [1.54, 1.807) is 30.7 Å². The Morgan fingerprint density at radius 3 is 2.72 bits per heavy atom. The zero-order valence-corrected chi connectivity index (χ0v) is 13.7. The average Bonchev–Trinajstić information content (AvgIpc) is 3.25. The monoisotopic (exact) mass is 329 g/mol. The van der Waals surface area contributed by atoms with E-state index in [1.165, 1.54) is 0 Å². The highest BCUT2D eigenvalue weighted by molar-refractivity contribution is 5.77. The average molecular weight is 329 g/mol. The zero-order chi connectivity index (χ0) is 17.2. The molecule has 0 aliphatic heterocycles. The number of aromatic nitrogens is 6. The first-order chi connectivity index (χ1) is 12.3. The van der Waals surface area contributed by atoms with Crippen molar-refractivity contribution in [1.29, 1.82) is 5.26 Å². The van der Waals surface area contributed by atoms with E-state index in [4.69, 9.17) is 10.2 Å². The summed E-state index contributed by atoms with van der Waals surface area (Å²) >= 11 is 0. The molecule has 0 N–H and O–H groups in total. The van der Waals surface area contributed by atoms with Gasteiger partial charge in [-0.05, 0) is 31.2 Å². The summed E-state index contributed by atoms with van der Waals surface area (Å²) in [5.41, 5.74) is 2.48. The minimum Gasteiger partial charge on any atom is -0.327 e. The fraction of sp³-hybridized carbons (Fsp3) is 0.167. The summed E-state index contributed by atoms with van der Waals surface area (Å²) in [6.07, 6.45) is 7.03. The van der Waals surface area contributed by atoms with Crippen molar-refractivity contribution in [3.05, 3.63) is 60.4 Å². The quantitative estimate of drug-likeness (QED) is 0.574. The van der Waals surface area contributed by atoms with E-state index in [1.807, 2.05) is 22.9 Å². The van der Waals surface area contributed by atoms with Crippen LogP contribution in [0.1, 0.15) is 18.3 Å². The number of hydrogen-bond donors (Lipinski definition) is 0. The number of hydrogen-bond acceptors (Lipinski definition) is 5. The Morgan fingerprint density at radius 1 is 1.12 bits per heavy atom. The van der Waals surface area contributed by atoms with Gasteiger partial charge < -0.3 is 9.13 Å². The zero-order valence-electron chi connectivity index (χ0n) is 13.7. The van der Waals surface area contributed by atoms with E-state index >= 15 is 0 Å². The molecule has 0 atom stereocenters. The number of imidazole rings is 2. The molecule has 0 aliphatic carbocycles. The molecule has 0 saturated carbocycles. The summed E-state index contributed by atoms with van der Waals surface area (Å²) < 4.78 is 4.10. The molecular formula is C18H15N7. The van der Waals surface area contributed by atoms with Crippen molar-refractivity contribution < 1.29 is 0 Å². The van der Waals surface area contributed by atoms with Crippen molar-refractivity contribution in [3.63, 3.8) is 0 Å². The fourth-order valence-corrected chi connectivity index (χ4v) is 2.93. The molecule has 0 amide bonds. The molecule has 122 valence electrons. The molecule has 0 aliphatic rings. The molecule has 3 aromatic heterocycles. The van der Waals surface area contributed by atoms with Crippen LogP contribution in [0, 0.1) is 11.3 Å². The Hall–Kier alpha value is -3.53. The van der Waals surface area contributed by atoms with E-state index in [2.05, 4.69) is 32.5 Å². The van der Waals surface area contributed by atoms with Gasteiger partial charge in [0, 0.05) is 31.3 Å². The third kappa shape index (κ3) is 2.64. The molecule has 25 heavy (non-hydrogen) atoms. The van der Waals surface area contributed by atoms with Crippen LogP contribution in [0.2, 0.25) is 0 Å². The SMILES string of the molecule is CCn1c(Cn2ccnc2-c2ncccn2)nc2ccc(C#N)cc21. The molecule has 0 radical (unpaired) electrons. The Balaban J connectivity index is 1.78. The summed E-state index contributed by atoms with van der Waals surface area (Å²) in [6, 6.07) is 9.52. The summed E-state index contributed by atoms with van der Waals surface area (Å²) in [5.74, 6) is 2.19.